The molecule has 1 saturated heterocycles. The highest BCUT2D eigenvalue weighted by Gasteiger charge is 2.20. The van der Waals surface area contributed by atoms with E-state index in [1.807, 2.05) is 6.07 Å². The molecule has 0 bridgehead atoms. The Labute approximate surface area is 119 Å². The summed E-state index contributed by atoms with van der Waals surface area (Å²) >= 11 is 0. The molecule has 1 fully saturated rings. The molecule has 2 heterocycles. The SMILES string of the molecule is CCCN1CCCC(c2ccc3ccc(=O)[nH]c3c2)C1. The van der Waals surface area contributed by atoms with Crippen LogP contribution in [-0.2, 0) is 0 Å². The first kappa shape index (κ1) is 13.4. The number of aromatic amines is 1. The number of hydrogen-bond acceptors (Lipinski definition) is 2. The summed E-state index contributed by atoms with van der Waals surface area (Å²) in [5.74, 6) is 0.600. The normalized spacial score (nSPS) is 20.4. The van der Waals surface area contributed by atoms with Crippen LogP contribution in [0.4, 0.5) is 0 Å². The van der Waals surface area contributed by atoms with Crippen LogP contribution in [0, 0.1) is 0 Å². The van der Waals surface area contributed by atoms with E-state index in [1.54, 1.807) is 6.07 Å². The smallest absolute Gasteiger partial charge is 0.248 e. The number of benzene rings is 1. The highest BCUT2D eigenvalue weighted by Crippen LogP contribution is 2.28. The van der Waals surface area contributed by atoms with Crippen LogP contribution in [0.25, 0.3) is 10.9 Å². The lowest BCUT2D eigenvalue weighted by molar-refractivity contribution is 0.208. The zero-order chi connectivity index (χ0) is 13.9. The quantitative estimate of drug-likeness (QED) is 0.930. The Kier molecular flexibility index (Phi) is 3.88. The second-order valence-corrected chi connectivity index (χ2v) is 5.81. The number of hydrogen-bond donors (Lipinski definition) is 1. The van der Waals surface area contributed by atoms with Crippen LogP contribution in [0.5, 0.6) is 0 Å². The fourth-order valence-corrected chi connectivity index (χ4v) is 3.27. The number of rotatable bonds is 3. The van der Waals surface area contributed by atoms with Crippen molar-refractivity contribution < 1.29 is 0 Å². The topological polar surface area (TPSA) is 36.1 Å². The summed E-state index contributed by atoms with van der Waals surface area (Å²) in [5.41, 5.74) is 2.30. The molecule has 1 N–H and O–H groups in total. The van der Waals surface area contributed by atoms with Gasteiger partial charge in [-0.15, -0.1) is 0 Å². The molecule has 0 radical (unpaired) electrons. The van der Waals surface area contributed by atoms with Crippen LogP contribution in [0.15, 0.2) is 35.1 Å². The molecule has 1 aliphatic rings. The maximum absolute atomic E-state index is 11.4. The van der Waals surface area contributed by atoms with E-state index in [1.165, 1.54) is 37.9 Å². The van der Waals surface area contributed by atoms with E-state index in [4.69, 9.17) is 0 Å². The first-order valence-corrected chi connectivity index (χ1v) is 7.61. The first-order chi connectivity index (χ1) is 9.76. The standard InChI is InChI=1S/C17H22N2O/c1-2-9-19-10-3-4-15(12-19)14-6-5-13-7-8-17(20)18-16(13)11-14/h5-8,11,15H,2-4,9-10,12H2,1H3,(H,18,20). The van der Waals surface area contributed by atoms with Gasteiger partial charge in [-0.3, -0.25) is 4.79 Å². The van der Waals surface area contributed by atoms with Crippen molar-refractivity contribution in [3.8, 4) is 0 Å². The Balaban J connectivity index is 1.87. The van der Waals surface area contributed by atoms with Crippen LogP contribution in [0.1, 0.15) is 37.7 Å². The molecule has 0 aliphatic carbocycles. The first-order valence-electron chi connectivity index (χ1n) is 7.61. The van der Waals surface area contributed by atoms with E-state index in [-0.39, 0.29) is 5.56 Å². The zero-order valence-corrected chi connectivity index (χ0v) is 12.1. The summed E-state index contributed by atoms with van der Waals surface area (Å²) in [6.45, 7) is 5.82. The van der Waals surface area contributed by atoms with Crippen molar-refractivity contribution in [2.75, 3.05) is 19.6 Å². The molecule has 106 valence electrons. The Morgan fingerprint density at radius 2 is 2.15 bits per heavy atom. The summed E-state index contributed by atoms with van der Waals surface area (Å²) in [7, 11) is 0. The van der Waals surface area contributed by atoms with Gasteiger partial charge < -0.3 is 9.88 Å². The molecule has 3 rings (SSSR count). The average molecular weight is 270 g/mol. The molecule has 1 aromatic carbocycles. The van der Waals surface area contributed by atoms with E-state index in [9.17, 15) is 4.79 Å². The van der Waals surface area contributed by atoms with E-state index >= 15 is 0 Å². The number of pyridine rings is 1. The van der Waals surface area contributed by atoms with Crippen molar-refractivity contribution >= 4 is 10.9 Å². The average Bonchev–Trinajstić information content (AvgIpc) is 2.47. The molecule has 0 spiro atoms. The van der Waals surface area contributed by atoms with Gasteiger partial charge in [-0.2, -0.15) is 0 Å². The number of likely N-dealkylation sites (tertiary alicyclic amines) is 1. The molecule has 1 unspecified atom stereocenters. The number of piperidine rings is 1. The van der Waals surface area contributed by atoms with Gasteiger partial charge in [0.25, 0.3) is 0 Å². The van der Waals surface area contributed by atoms with Gasteiger partial charge in [-0.05, 0) is 61.4 Å². The van der Waals surface area contributed by atoms with Crippen LogP contribution in [-0.4, -0.2) is 29.5 Å². The van der Waals surface area contributed by atoms with Crippen molar-refractivity contribution in [1.29, 1.82) is 0 Å². The summed E-state index contributed by atoms with van der Waals surface area (Å²) in [6, 6.07) is 9.99. The summed E-state index contributed by atoms with van der Waals surface area (Å²) in [6.07, 6.45) is 3.74. The molecule has 3 heteroatoms. The van der Waals surface area contributed by atoms with Crippen LogP contribution in [0.2, 0.25) is 0 Å². The van der Waals surface area contributed by atoms with Crippen LogP contribution in [0.3, 0.4) is 0 Å². The highest BCUT2D eigenvalue weighted by molar-refractivity contribution is 5.79. The molecule has 0 amide bonds. The Hall–Kier alpha value is -1.61. The predicted molar refractivity (Wildman–Crippen MR) is 83.3 cm³/mol. The van der Waals surface area contributed by atoms with Gasteiger partial charge in [-0.1, -0.05) is 19.1 Å². The molecule has 2 aromatic rings. The third-order valence-electron chi connectivity index (χ3n) is 4.27. The molecule has 3 nitrogen and oxygen atoms in total. The van der Waals surface area contributed by atoms with E-state index in [0.717, 1.165) is 17.4 Å². The molecule has 1 aliphatic heterocycles. The van der Waals surface area contributed by atoms with Crippen molar-refractivity contribution in [3.63, 3.8) is 0 Å². The zero-order valence-electron chi connectivity index (χ0n) is 12.1. The van der Waals surface area contributed by atoms with Crippen molar-refractivity contribution in [3.05, 3.63) is 46.2 Å². The van der Waals surface area contributed by atoms with Gasteiger partial charge in [-0.25, -0.2) is 0 Å². The Bertz CT molecular complexity index is 645. The minimum atomic E-state index is -0.0223. The van der Waals surface area contributed by atoms with E-state index < -0.39 is 0 Å². The number of aromatic nitrogens is 1. The molecule has 1 aromatic heterocycles. The second-order valence-electron chi connectivity index (χ2n) is 5.81. The molecular weight excluding hydrogens is 248 g/mol. The highest BCUT2D eigenvalue weighted by atomic mass is 16.1. The van der Waals surface area contributed by atoms with Gasteiger partial charge >= 0.3 is 0 Å². The maximum atomic E-state index is 11.4. The fraction of sp³-hybridized carbons (Fsp3) is 0.471. The summed E-state index contributed by atoms with van der Waals surface area (Å²) in [5, 5.41) is 1.11. The monoisotopic (exact) mass is 270 g/mol. The van der Waals surface area contributed by atoms with Crippen molar-refractivity contribution in [2.45, 2.75) is 32.1 Å². The molecule has 20 heavy (non-hydrogen) atoms. The molecular formula is C17H22N2O. The van der Waals surface area contributed by atoms with Crippen LogP contribution < -0.4 is 5.56 Å². The number of H-pyrrole nitrogens is 1. The number of nitrogens with one attached hydrogen (secondary N) is 1. The second kappa shape index (κ2) is 5.80. The summed E-state index contributed by atoms with van der Waals surface area (Å²) in [4.78, 5) is 16.9. The third-order valence-corrected chi connectivity index (χ3v) is 4.27. The lowest BCUT2D eigenvalue weighted by Gasteiger charge is -2.32. The molecule has 0 saturated carbocycles. The lowest BCUT2D eigenvalue weighted by Crippen LogP contribution is -2.34. The fourth-order valence-electron chi connectivity index (χ4n) is 3.27. The number of fused-ring (bicyclic) bond motifs is 1. The van der Waals surface area contributed by atoms with E-state index in [0.29, 0.717) is 5.92 Å². The Morgan fingerprint density at radius 3 is 3.00 bits per heavy atom. The Morgan fingerprint density at radius 1 is 1.30 bits per heavy atom. The van der Waals surface area contributed by atoms with Crippen molar-refractivity contribution in [2.24, 2.45) is 0 Å². The van der Waals surface area contributed by atoms with Gasteiger partial charge in [0, 0.05) is 18.1 Å². The van der Waals surface area contributed by atoms with Gasteiger partial charge in [0.1, 0.15) is 0 Å². The largest absolute Gasteiger partial charge is 0.322 e. The maximum Gasteiger partial charge on any atom is 0.248 e. The van der Waals surface area contributed by atoms with Gasteiger partial charge in [0.05, 0.1) is 0 Å². The molecule has 1 atom stereocenters. The minimum absolute atomic E-state index is 0.0223. The number of nitrogens with zero attached hydrogens (tertiary/aromatic N) is 1. The van der Waals surface area contributed by atoms with Crippen LogP contribution >= 0.6 is 0 Å². The predicted octanol–water partition coefficient (Wildman–Crippen LogP) is 3.12. The third kappa shape index (κ3) is 2.78. The van der Waals surface area contributed by atoms with Crippen molar-refractivity contribution in [1.82, 2.24) is 9.88 Å². The van der Waals surface area contributed by atoms with Gasteiger partial charge in [0.2, 0.25) is 5.56 Å². The summed E-state index contributed by atoms with van der Waals surface area (Å²) < 4.78 is 0. The lowest BCUT2D eigenvalue weighted by atomic mass is 9.90. The van der Waals surface area contributed by atoms with Gasteiger partial charge in [0.15, 0.2) is 0 Å². The van der Waals surface area contributed by atoms with E-state index in [2.05, 4.69) is 35.0 Å². The minimum Gasteiger partial charge on any atom is -0.322 e.